The van der Waals surface area contributed by atoms with E-state index in [0.717, 1.165) is 23.5 Å². The number of carbonyl (C=O) groups is 1. The third-order valence-electron chi connectivity index (χ3n) is 4.77. The minimum Gasteiger partial charge on any atom is -0.496 e. The number of carbonyl (C=O) groups excluding carboxylic acids is 1. The second-order valence-corrected chi connectivity index (χ2v) is 7.81. The van der Waals surface area contributed by atoms with Crippen molar-refractivity contribution in [3.63, 3.8) is 0 Å². The number of aryl methyl sites for hydroxylation is 1. The Kier molecular flexibility index (Phi) is 5.92. The Labute approximate surface area is 182 Å². The zero-order valence-electron chi connectivity index (χ0n) is 17.3. The van der Waals surface area contributed by atoms with Crippen LogP contribution in [0.1, 0.15) is 18.2 Å². The van der Waals surface area contributed by atoms with Gasteiger partial charge in [0, 0.05) is 12.6 Å². The lowest BCUT2D eigenvalue weighted by Gasteiger charge is -2.14. The average molecular weight is 444 g/mol. The molecule has 1 aliphatic rings. The standard InChI is InChI=1S/C21H22FN5O3S/c1-4-27-17-8-5-13(9-16(17)25-26-27)11-30-21(28)24-19-12(2)23-20(31-19)15-7-6-14(22)10-18(15)29-3/h5-10,25-26H,4,11H2,1-3H3,(H,24,28). The lowest BCUT2D eigenvalue weighted by atomic mass is 10.2. The van der Waals surface area contributed by atoms with Gasteiger partial charge in [0.25, 0.3) is 0 Å². The largest absolute Gasteiger partial charge is 0.496 e. The smallest absolute Gasteiger partial charge is 0.412 e. The quantitative estimate of drug-likeness (QED) is 0.510. The first-order valence-corrected chi connectivity index (χ1v) is 10.5. The van der Waals surface area contributed by atoms with Gasteiger partial charge in [-0.05, 0) is 43.7 Å². The van der Waals surface area contributed by atoms with Crippen LogP contribution in [0.3, 0.4) is 0 Å². The molecule has 0 fully saturated rings. The van der Waals surface area contributed by atoms with Crippen molar-refractivity contribution in [3.05, 3.63) is 53.5 Å². The number of amides is 1. The summed E-state index contributed by atoms with van der Waals surface area (Å²) in [5.41, 5.74) is 10.3. The zero-order chi connectivity index (χ0) is 22.0. The molecule has 0 bridgehead atoms. The van der Waals surface area contributed by atoms with Crippen LogP contribution in [0.15, 0.2) is 36.4 Å². The minimum absolute atomic E-state index is 0.128. The van der Waals surface area contributed by atoms with Crippen molar-refractivity contribution in [2.24, 2.45) is 0 Å². The Morgan fingerprint density at radius 1 is 1.29 bits per heavy atom. The number of hydrazine groups is 2. The highest BCUT2D eigenvalue weighted by Gasteiger charge is 2.18. The molecule has 10 heteroatoms. The Morgan fingerprint density at radius 2 is 2.13 bits per heavy atom. The van der Waals surface area contributed by atoms with E-state index in [4.69, 9.17) is 9.47 Å². The Balaban J connectivity index is 1.41. The molecule has 8 nitrogen and oxygen atoms in total. The number of hydrogen-bond acceptors (Lipinski definition) is 8. The first kappa shape index (κ1) is 20.9. The molecule has 0 aliphatic carbocycles. The van der Waals surface area contributed by atoms with E-state index in [2.05, 4.69) is 21.3 Å². The molecular formula is C21H22FN5O3S. The Morgan fingerprint density at radius 3 is 2.90 bits per heavy atom. The van der Waals surface area contributed by atoms with E-state index in [1.165, 1.54) is 30.6 Å². The molecule has 1 aromatic heterocycles. The monoisotopic (exact) mass is 443 g/mol. The third-order valence-corrected chi connectivity index (χ3v) is 5.88. The number of rotatable bonds is 6. The van der Waals surface area contributed by atoms with Crippen molar-refractivity contribution < 1.29 is 18.7 Å². The molecule has 1 amide bonds. The molecule has 3 N–H and O–H groups in total. The summed E-state index contributed by atoms with van der Waals surface area (Å²) in [6.45, 7) is 4.77. The number of fused-ring (bicyclic) bond motifs is 1. The maximum absolute atomic E-state index is 13.5. The highest BCUT2D eigenvalue weighted by Crippen LogP contribution is 2.37. The molecule has 4 rings (SSSR count). The predicted octanol–water partition coefficient (Wildman–Crippen LogP) is 4.69. The van der Waals surface area contributed by atoms with E-state index in [0.29, 0.717) is 27.0 Å². The molecule has 162 valence electrons. The number of halogens is 1. The number of hydrogen-bond donors (Lipinski definition) is 3. The molecule has 2 heterocycles. The van der Waals surface area contributed by atoms with Crippen LogP contribution in [0.2, 0.25) is 0 Å². The number of nitrogens with zero attached hydrogens (tertiary/aromatic N) is 2. The van der Waals surface area contributed by atoms with Crippen LogP contribution in [0.25, 0.3) is 10.6 Å². The fraction of sp³-hybridized carbons (Fsp3) is 0.238. The van der Waals surface area contributed by atoms with Gasteiger partial charge in [-0.2, -0.15) is 0 Å². The van der Waals surface area contributed by atoms with Crippen molar-refractivity contribution in [1.82, 2.24) is 10.5 Å². The fourth-order valence-corrected chi connectivity index (χ4v) is 4.18. The number of benzene rings is 2. The lowest BCUT2D eigenvalue weighted by Crippen LogP contribution is -2.35. The van der Waals surface area contributed by atoms with Crippen molar-refractivity contribution in [1.29, 1.82) is 0 Å². The average Bonchev–Trinajstić information content (AvgIpc) is 3.34. The molecule has 0 saturated carbocycles. The van der Waals surface area contributed by atoms with Crippen LogP contribution >= 0.6 is 11.3 Å². The first-order chi connectivity index (χ1) is 15.0. The summed E-state index contributed by atoms with van der Waals surface area (Å²) in [4.78, 5) is 16.8. The maximum Gasteiger partial charge on any atom is 0.412 e. The molecule has 0 spiro atoms. The van der Waals surface area contributed by atoms with Gasteiger partial charge in [0.2, 0.25) is 0 Å². The normalized spacial score (nSPS) is 12.3. The second kappa shape index (κ2) is 8.78. The maximum atomic E-state index is 13.5. The molecule has 0 saturated heterocycles. The summed E-state index contributed by atoms with van der Waals surface area (Å²) in [5, 5.41) is 5.88. The van der Waals surface area contributed by atoms with E-state index >= 15 is 0 Å². The number of thiazole rings is 1. The van der Waals surface area contributed by atoms with Crippen LogP contribution < -0.4 is 26.0 Å². The number of anilines is 3. The number of ether oxygens (including phenoxy) is 2. The SMILES string of the molecule is CCN1NNc2cc(COC(=O)Nc3sc(-c4ccc(F)cc4OC)nc3C)ccc21. The summed E-state index contributed by atoms with van der Waals surface area (Å²) in [5.74, 6) is -0.0139. The van der Waals surface area contributed by atoms with Gasteiger partial charge in [-0.1, -0.05) is 17.4 Å². The molecule has 1 aliphatic heterocycles. The highest BCUT2D eigenvalue weighted by atomic mass is 32.1. The molecule has 3 aromatic rings. The summed E-state index contributed by atoms with van der Waals surface area (Å²) in [6, 6.07) is 10.1. The van der Waals surface area contributed by atoms with Crippen molar-refractivity contribution in [2.75, 3.05) is 29.4 Å². The van der Waals surface area contributed by atoms with E-state index in [-0.39, 0.29) is 6.61 Å². The molecule has 0 radical (unpaired) electrons. The molecular weight excluding hydrogens is 421 g/mol. The van der Waals surface area contributed by atoms with E-state index in [1.807, 2.05) is 30.1 Å². The van der Waals surface area contributed by atoms with Gasteiger partial charge in [-0.15, -0.1) is 5.53 Å². The van der Waals surface area contributed by atoms with Crippen LogP contribution in [0.4, 0.5) is 25.6 Å². The summed E-state index contributed by atoms with van der Waals surface area (Å²) in [7, 11) is 1.47. The number of aromatic nitrogens is 1. The third kappa shape index (κ3) is 4.39. The van der Waals surface area contributed by atoms with Gasteiger partial charge in [0.15, 0.2) is 0 Å². The van der Waals surface area contributed by atoms with Crippen molar-refractivity contribution in [3.8, 4) is 16.3 Å². The molecule has 0 unspecified atom stereocenters. The second-order valence-electron chi connectivity index (χ2n) is 6.81. The number of nitrogens with one attached hydrogen (secondary N) is 3. The first-order valence-electron chi connectivity index (χ1n) is 9.65. The number of methoxy groups -OCH3 is 1. The Bertz CT molecular complexity index is 1120. The van der Waals surface area contributed by atoms with Crippen molar-refractivity contribution in [2.45, 2.75) is 20.5 Å². The van der Waals surface area contributed by atoms with Crippen LogP contribution in [-0.4, -0.2) is 24.7 Å². The summed E-state index contributed by atoms with van der Waals surface area (Å²) >= 11 is 1.27. The predicted molar refractivity (Wildman–Crippen MR) is 119 cm³/mol. The van der Waals surface area contributed by atoms with E-state index in [1.54, 1.807) is 13.0 Å². The van der Waals surface area contributed by atoms with Gasteiger partial charge in [-0.3, -0.25) is 10.3 Å². The summed E-state index contributed by atoms with van der Waals surface area (Å²) in [6.07, 6.45) is -0.578. The van der Waals surface area contributed by atoms with Crippen LogP contribution in [-0.2, 0) is 11.3 Å². The molecule has 0 atom stereocenters. The van der Waals surface area contributed by atoms with Crippen LogP contribution in [0.5, 0.6) is 5.75 Å². The van der Waals surface area contributed by atoms with Gasteiger partial charge in [0.05, 0.1) is 29.7 Å². The highest BCUT2D eigenvalue weighted by molar-refractivity contribution is 7.19. The lowest BCUT2D eigenvalue weighted by molar-refractivity contribution is 0.155. The molecule has 31 heavy (non-hydrogen) atoms. The zero-order valence-corrected chi connectivity index (χ0v) is 18.1. The van der Waals surface area contributed by atoms with Gasteiger partial charge in [0.1, 0.15) is 28.2 Å². The van der Waals surface area contributed by atoms with Gasteiger partial charge < -0.3 is 14.9 Å². The van der Waals surface area contributed by atoms with Gasteiger partial charge >= 0.3 is 6.09 Å². The van der Waals surface area contributed by atoms with Gasteiger partial charge in [-0.25, -0.2) is 14.2 Å². The van der Waals surface area contributed by atoms with E-state index < -0.39 is 11.9 Å². The van der Waals surface area contributed by atoms with E-state index in [9.17, 15) is 9.18 Å². The molecule has 2 aromatic carbocycles. The van der Waals surface area contributed by atoms with Crippen LogP contribution in [0, 0.1) is 12.7 Å². The topological polar surface area (TPSA) is 87.8 Å². The summed E-state index contributed by atoms with van der Waals surface area (Å²) < 4.78 is 24.1. The Hall–Kier alpha value is -3.37. The van der Waals surface area contributed by atoms with Crippen molar-refractivity contribution >= 4 is 33.8 Å². The fourth-order valence-electron chi connectivity index (χ4n) is 3.19. The minimum atomic E-state index is -0.578.